The molecule has 5 nitrogen and oxygen atoms in total. The Hall–Kier alpha value is -2.01. The van der Waals surface area contributed by atoms with Gasteiger partial charge in [-0.15, -0.1) is 0 Å². The van der Waals surface area contributed by atoms with E-state index in [1.54, 1.807) is 0 Å². The normalized spacial score (nSPS) is 20.2. The zero-order valence-electron chi connectivity index (χ0n) is 15.2. The maximum absolute atomic E-state index is 5.57. The third-order valence-corrected chi connectivity index (χ3v) is 5.58. The van der Waals surface area contributed by atoms with Crippen LogP contribution in [-0.2, 0) is 13.1 Å². The molecular formula is C20H27N3O2. The fraction of sp³-hybridized carbons (Fsp3) is 0.550. The molecule has 1 aromatic carbocycles. The molecule has 134 valence electrons. The Morgan fingerprint density at radius 1 is 1.16 bits per heavy atom. The van der Waals surface area contributed by atoms with Gasteiger partial charge in [-0.3, -0.25) is 4.90 Å². The van der Waals surface area contributed by atoms with E-state index in [9.17, 15) is 0 Å². The van der Waals surface area contributed by atoms with Crippen LogP contribution in [-0.4, -0.2) is 33.8 Å². The smallest absolute Gasteiger partial charge is 0.231 e. The number of likely N-dealkylation sites (tertiary alicyclic amines) is 1. The van der Waals surface area contributed by atoms with Gasteiger partial charge in [0.2, 0.25) is 6.79 Å². The SMILES string of the molecule is Cc1cc2c(cc1CN1CCCC[C@H]1CCn1ccnc1C)OCO2. The second kappa shape index (κ2) is 7.08. The van der Waals surface area contributed by atoms with Crippen molar-refractivity contribution in [1.82, 2.24) is 14.5 Å². The summed E-state index contributed by atoms with van der Waals surface area (Å²) in [5, 5.41) is 0. The van der Waals surface area contributed by atoms with E-state index in [-0.39, 0.29) is 0 Å². The van der Waals surface area contributed by atoms with Crippen molar-refractivity contribution in [2.24, 2.45) is 0 Å². The summed E-state index contributed by atoms with van der Waals surface area (Å²) in [6.07, 6.45) is 9.08. The van der Waals surface area contributed by atoms with Gasteiger partial charge in [-0.2, -0.15) is 0 Å². The number of aromatic nitrogens is 2. The van der Waals surface area contributed by atoms with E-state index in [1.165, 1.54) is 43.4 Å². The van der Waals surface area contributed by atoms with Crippen LogP contribution in [0.3, 0.4) is 0 Å². The third kappa shape index (κ3) is 3.52. The third-order valence-electron chi connectivity index (χ3n) is 5.58. The van der Waals surface area contributed by atoms with Crippen LogP contribution in [0, 0.1) is 13.8 Å². The van der Waals surface area contributed by atoms with Gasteiger partial charge in [0.05, 0.1) is 0 Å². The van der Waals surface area contributed by atoms with E-state index in [4.69, 9.17) is 9.47 Å². The number of aryl methyl sites for hydroxylation is 3. The van der Waals surface area contributed by atoms with Crippen molar-refractivity contribution in [2.45, 2.75) is 58.7 Å². The molecule has 0 bridgehead atoms. The highest BCUT2D eigenvalue weighted by Gasteiger charge is 2.24. The predicted octanol–water partition coefficient (Wildman–Crippen LogP) is 3.67. The number of ether oxygens (including phenoxy) is 2. The number of benzene rings is 1. The fourth-order valence-electron chi connectivity index (χ4n) is 4.00. The number of piperidine rings is 1. The first-order chi connectivity index (χ1) is 12.2. The number of nitrogens with zero attached hydrogens (tertiary/aromatic N) is 3. The maximum Gasteiger partial charge on any atom is 0.231 e. The van der Waals surface area contributed by atoms with Crippen LogP contribution in [0.4, 0.5) is 0 Å². The lowest BCUT2D eigenvalue weighted by molar-refractivity contribution is 0.128. The van der Waals surface area contributed by atoms with E-state index in [0.29, 0.717) is 12.8 Å². The molecule has 2 aliphatic rings. The van der Waals surface area contributed by atoms with Crippen LogP contribution >= 0.6 is 0 Å². The maximum atomic E-state index is 5.57. The van der Waals surface area contributed by atoms with Gasteiger partial charge in [0.15, 0.2) is 11.5 Å². The molecule has 1 aromatic heterocycles. The summed E-state index contributed by atoms with van der Waals surface area (Å²) in [6.45, 7) is 7.82. The van der Waals surface area contributed by atoms with Crippen LogP contribution in [0.5, 0.6) is 11.5 Å². The molecular weight excluding hydrogens is 314 g/mol. The van der Waals surface area contributed by atoms with Crippen molar-refractivity contribution >= 4 is 0 Å². The highest BCUT2D eigenvalue weighted by molar-refractivity contribution is 5.48. The second-order valence-corrected chi connectivity index (χ2v) is 7.21. The largest absolute Gasteiger partial charge is 0.454 e. The van der Waals surface area contributed by atoms with Gasteiger partial charge in [0.1, 0.15) is 5.82 Å². The molecule has 1 fully saturated rings. The summed E-state index contributed by atoms with van der Waals surface area (Å²) in [6, 6.07) is 4.93. The van der Waals surface area contributed by atoms with Gasteiger partial charge in [-0.25, -0.2) is 4.98 Å². The summed E-state index contributed by atoms with van der Waals surface area (Å²) in [5.41, 5.74) is 2.65. The minimum atomic E-state index is 0.342. The average Bonchev–Trinajstić information content (AvgIpc) is 3.23. The summed E-state index contributed by atoms with van der Waals surface area (Å²) in [7, 11) is 0. The lowest BCUT2D eigenvalue weighted by atomic mass is 9.97. The highest BCUT2D eigenvalue weighted by Crippen LogP contribution is 2.35. The van der Waals surface area contributed by atoms with Gasteiger partial charge < -0.3 is 14.0 Å². The van der Waals surface area contributed by atoms with Crippen molar-refractivity contribution in [1.29, 1.82) is 0 Å². The van der Waals surface area contributed by atoms with Gasteiger partial charge in [-0.05, 0) is 62.9 Å². The topological polar surface area (TPSA) is 39.5 Å². The molecule has 25 heavy (non-hydrogen) atoms. The number of hydrogen-bond donors (Lipinski definition) is 0. The van der Waals surface area contributed by atoms with E-state index in [2.05, 4.69) is 46.6 Å². The van der Waals surface area contributed by atoms with Gasteiger partial charge in [0, 0.05) is 31.5 Å². The molecule has 3 heterocycles. The van der Waals surface area contributed by atoms with Crippen molar-refractivity contribution in [2.75, 3.05) is 13.3 Å². The van der Waals surface area contributed by atoms with Gasteiger partial charge in [-0.1, -0.05) is 6.42 Å². The molecule has 0 amide bonds. The van der Waals surface area contributed by atoms with Crippen molar-refractivity contribution < 1.29 is 9.47 Å². The first-order valence-corrected chi connectivity index (χ1v) is 9.31. The molecule has 2 aromatic rings. The molecule has 1 atom stereocenters. The number of imidazole rings is 1. The van der Waals surface area contributed by atoms with Crippen LogP contribution < -0.4 is 9.47 Å². The Labute approximate surface area is 149 Å². The van der Waals surface area contributed by atoms with E-state index < -0.39 is 0 Å². The lowest BCUT2D eigenvalue weighted by Gasteiger charge is -2.36. The molecule has 0 aliphatic carbocycles. The Balaban J connectivity index is 1.45. The van der Waals surface area contributed by atoms with E-state index >= 15 is 0 Å². The molecule has 0 spiro atoms. The monoisotopic (exact) mass is 341 g/mol. The average molecular weight is 341 g/mol. The van der Waals surface area contributed by atoms with Crippen molar-refractivity contribution in [3.8, 4) is 11.5 Å². The summed E-state index contributed by atoms with van der Waals surface area (Å²) >= 11 is 0. The molecule has 0 saturated carbocycles. The lowest BCUT2D eigenvalue weighted by Crippen LogP contribution is -2.39. The predicted molar refractivity (Wildman–Crippen MR) is 96.9 cm³/mol. The molecule has 1 saturated heterocycles. The minimum Gasteiger partial charge on any atom is -0.454 e. The zero-order valence-corrected chi connectivity index (χ0v) is 15.2. The second-order valence-electron chi connectivity index (χ2n) is 7.21. The van der Waals surface area contributed by atoms with Crippen LogP contribution in [0.15, 0.2) is 24.5 Å². The molecule has 0 radical (unpaired) electrons. The van der Waals surface area contributed by atoms with Gasteiger partial charge in [0.25, 0.3) is 0 Å². The Morgan fingerprint density at radius 2 is 2.00 bits per heavy atom. The Bertz CT molecular complexity index is 741. The van der Waals surface area contributed by atoms with Crippen molar-refractivity contribution in [3.05, 3.63) is 41.5 Å². The van der Waals surface area contributed by atoms with Crippen molar-refractivity contribution in [3.63, 3.8) is 0 Å². The molecule has 4 rings (SSSR count). The Morgan fingerprint density at radius 3 is 2.80 bits per heavy atom. The van der Waals surface area contributed by atoms with E-state index in [1.807, 2.05) is 6.20 Å². The number of hydrogen-bond acceptors (Lipinski definition) is 4. The summed E-state index contributed by atoms with van der Waals surface area (Å²) < 4.78 is 13.3. The van der Waals surface area contributed by atoms with Crippen LogP contribution in [0.25, 0.3) is 0 Å². The molecule has 2 aliphatic heterocycles. The highest BCUT2D eigenvalue weighted by atomic mass is 16.7. The standard InChI is InChI=1S/C20H27N3O2/c1-15-11-19-20(25-14-24-19)12-17(15)13-23-8-4-3-5-18(23)6-9-22-10-7-21-16(22)2/h7,10-12,18H,3-6,8-9,13-14H2,1-2H3/t18-/m0/s1. The zero-order chi connectivity index (χ0) is 17.2. The van der Waals surface area contributed by atoms with E-state index in [0.717, 1.165) is 30.4 Å². The van der Waals surface area contributed by atoms with Crippen LogP contribution in [0.2, 0.25) is 0 Å². The quantitative estimate of drug-likeness (QED) is 0.832. The molecule has 5 heteroatoms. The summed E-state index contributed by atoms with van der Waals surface area (Å²) in [5.74, 6) is 2.88. The molecule has 0 N–H and O–H groups in total. The molecule has 0 unspecified atom stereocenters. The van der Waals surface area contributed by atoms with Crippen LogP contribution in [0.1, 0.15) is 42.6 Å². The van der Waals surface area contributed by atoms with Gasteiger partial charge >= 0.3 is 0 Å². The minimum absolute atomic E-state index is 0.342. The number of fused-ring (bicyclic) bond motifs is 1. The first kappa shape index (κ1) is 16.5. The fourth-order valence-corrected chi connectivity index (χ4v) is 4.00. The summed E-state index contributed by atoms with van der Waals surface area (Å²) in [4.78, 5) is 6.99. The first-order valence-electron chi connectivity index (χ1n) is 9.31. The Kier molecular flexibility index (Phi) is 4.66. The number of rotatable bonds is 5.